The predicted octanol–water partition coefficient (Wildman–Crippen LogP) is 5.33. The van der Waals surface area contributed by atoms with Crippen molar-refractivity contribution in [3.05, 3.63) is 36.2 Å². The van der Waals surface area contributed by atoms with Gasteiger partial charge in [-0.3, -0.25) is 9.59 Å². The molecule has 0 saturated carbocycles. The number of carbonyl (C=O) groups excluding carboxylic acids is 2. The molecule has 446 valence electrons. The molecule has 4 fully saturated rings. The van der Waals surface area contributed by atoms with Crippen molar-refractivity contribution in [2.75, 3.05) is 34.9 Å². The van der Waals surface area contributed by atoms with E-state index in [4.69, 9.17) is 51.8 Å². The van der Waals surface area contributed by atoms with Crippen LogP contribution in [0.2, 0.25) is 18.1 Å². The Morgan fingerprint density at radius 2 is 1.68 bits per heavy atom. The van der Waals surface area contributed by atoms with Gasteiger partial charge in [-0.05, 0) is 118 Å². The maximum absolute atomic E-state index is 13.9. The second kappa shape index (κ2) is 28.5. The lowest BCUT2D eigenvalue weighted by atomic mass is 9.82. The molecule has 4 saturated heterocycles. The van der Waals surface area contributed by atoms with Crippen molar-refractivity contribution in [1.29, 1.82) is 0 Å². The number of hydrogen-bond donors (Lipinski definition) is 4. The molecule has 0 radical (unpaired) electrons. The number of esters is 2. The molecule has 22 heteroatoms. The Morgan fingerprint density at radius 3 is 2.33 bits per heavy atom. The van der Waals surface area contributed by atoms with Gasteiger partial charge in [-0.1, -0.05) is 57.2 Å². The molecule has 1 aromatic rings. The van der Waals surface area contributed by atoms with Crippen molar-refractivity contribution in [2.45, 2.75) is 261 Å². The van der Waals surface area contributed by atoms with Gasteiger partial charge in [-0.15, -0.1) is 5.10 Å². The third-order valence-electron chi connectivity index (χ3n) is 16.7. The Morgan fingerprint density at radius 1 is 0.949 bits per heavy atom. The molecule has 0 aromatic carbocycles. The molecule has 0 spiro atoms. The third kappa shape index (κ3) is 17.1. The molecule has 21 nitrogen and oxygen atoms in total. The summed E-state index contributed by atoms with van der Waals surface area (Å²) in [4.78, 5) is 28.9. The zero-order valence-electron chi connectivity index (χ0n) is 49.3. The van der Waals surface area contributed by atoms with E-state index in [0.29, 0.717) is 44.3 Å². The van der Waals surface area contributed by atoms with Crippen molar-refractivity contribution < 1.29 is 76.7 Å². The highest BCUT2D eigenvalue weighted by Gasteiger charge is 2.54. The Hall–Kier alpha value is -2.78. The summed E-state index contributed by atoms with van der Waals surface area (Å²) in [7, 11) is 4.72. The number of ether oxygens (including phenoxy) is 10. The number of carbonyl (C=O) groups is 2. The number of allylic oxidation sites excluding steroid dienone is 2. The number of aliphatic hydroxyl groups is 3. The highest BCUT2D eigenvalue weighted by Crippen LogP contribution is 2.43. The molecule has 20 atom stereocenters. The lowest BCUT2D eigenvalue weighted by Gasteiger charge is -2.50. The Bertz CT molecular complexity index is 2090. The molecule has 1 unspecified atom stereocenters. The van der Waals surface area contributed by atoms with Crippen LogP contribution in [-0.2, 0) is 74.3 Å². The quantitative estimate of drug-likeness (QED) is 0.107. The maximum atomic E-state index is 13.9. The van der Waals surface area contributed by atoms with E-state index in [1.807, 2.05) is 58.1 Å². The summed E-state index contributed by atoms with van der Waals surface area (Å²) in [5, 5.41) is 44.9. The van der Waals surface area contributed by atoms with Crippen molar-refractivity contribution in [2.24, 2.45) is 11.8 Å². The molecule has 5 aliphatic heterocycles. The fraction of sp³-hybridized carbons (Fsp3) is 0.857. The molecule has 6 rings (SSSR count). The van der Waals surface area contributed by atoms with Crippen LogP contribution in [0, 0.1) is 11.8 Å². The van der Waals surface area contributed by atoms with E-state index in [9.17, 15) is 24.9 Å². The monoisotopic (exact) mass is 1120 g/mol. The van der Waals surface area contributed by atoms with Gasteiger partial charge in [-0.25, -0.2) is 4.68 Å². The van der Waals surface area contributed by atoms with Gasteiger partial charge in [0.1, 0.15) is 36.3 Å². The summed E-state index contributed by atoms with van der Waals surface area (Å²) in [5.41, 5.74) is -0.846. The van der Waals surface area contributed by atoms with Gasteiger partial charge >= 0.3 is 11.9 Å². The van der Waals surface area contributed by atoms with Crippen LogP contribution >= 0.6 is 0 Å². The number of aryl methyl sites for hydroxylation is 1. The number of methoxy groups -OCH3 is 1. The number of aliphatic hydroxyl groups excluding tert-OH is 2. The van der Waals surface area contributed by atoms with E-state index in [2.05, 4.69) is 69.4 Å². The molecule has 2 bridgehead atoms. The number of likely N-dealkylation sites (N-methyl/N-ethyl adjacent to an activating group) is 2. The molecule has 0 aliphatic carbocycles. The van der Waals surface area contributed by atoms with E-state index >= 15 is 0 Å². The third-order valence-corrected chi connectivity index (χ3v) is 21.2. The zero-order valence-corrected chi connectivity index (χ0v) is 50.3. The summed E-state index contributed by atoms with van der Waals surface area (Å²) < 4.78 is 74.2. The minimum Gasteiger partial charge on any atom is -0.462 e. The molecule has 5 aliphatic rings. The Balaban J connectivity index is 1.25. The van der Waals surface area contributed by atoms with Gasteiger partial charge < -0.3 is 77.3 Å². The van der Waals surface area contributed by atoms with Crippen LogP contribution in [0.1, 0.15) is 126 Å². The Labute approximate surface area is 464 Å². The van der Waals surface area contributed by atoms with Crippen LogP contribution in [0.25, 0.3) is 0 Å². The van der Waals surface area contributed by atoms with E-state index in [0.717, 1.165) is 12.8 Å². The first-order chi connectivity index (χ1) is 36.7. The topological polar surface area (TPSA) is 242 Å². The highest BCUT2D eigenvalue weighted by molar-refractivity contribution is 6.74. The largest absolute Gasteiger partial charge is 0.462 e. The van der Waals surface area contributed by atoms with Gasteiger partial charge in [0, 0.05) is 45.0 Å². The average Bonchev–Trinajstić information content (AvgIpc) is 3.82. The van der Waals surface area contributed by atoms with E-state index in [1.54, 1.807) is 31.8 Å². The highest BCUT2D eigenvalue weighted by atomic mass is 28.4. The van der Waals surface area contributed by atoms with E-state index in [1.165, 1.54) is 0 Å². The van der Waals surface area contributed by atoms with Crippen LogP contribution < -0.4 is 5.32 Å². The average molecular weight is 1120 g/mol. The summed E-state index contributed by atoms with van der Waals surface area (Å²) in [6, 6.07) is -0.495. The number of rotatable bonds is 18. The van der Waals surface area contributed by atoms with Crippen LogP contribution in [0.4, 0.5) is 0 Å². The van der Waals surface area contributed by atoms with E-state index in [-0.39, 0.29) is 61.0 Å². The number of nitrogens with one attached hydrogen (secondary N) is 1. The number of fused-ring (bicyclic) bond motifs is 3. The smallest absolute Gasteiger partial charge is 0.308 e. The number of hydrogen-bond acceptors (Lipinski definition) is 20. The maximum Gasteiger partial charge on any atom is 0.308 e. The molecule has 1 aromatic heterocycles. The standard InChI is InChI=1S/C56H97N5O16Si/c1-33-28-38-29-46(77-78(14,15)55(6,7)8)73-42(30-44(64)68-34(2)20-17-16-18-22-41(33)72-45-25-24-40(57-10)35(3)69-45)52(67-13)51(38)76-54-49(65)48(60(11)12)50(36(4)71-54)75-47-31-56(9,66)53(37(5)70-47)74-43(63)23-19-21-39-32-61(26-27-62)59-58-39/h16-18,22,32-38,40-42,45-54,57,62,65-66H,19-21,23-31H2,1-15H3/b17-16+,22-18+/t33-,34-,35-,36-,37+,38-,40+,41+,42-,45+,46?,47+,48-,49-,50-,51+,52+,53+,54+,56-/m1/s1. The van der Waals surface area contributed by atoms with Gasteiger partial charge in [0.15, 0.2) is 33.3 Å². The van der Waals surface area contributed by atoms with Gasteiger partial charge in [-0.2, -0.15) is 0 Å². The summed E-state index contributed by atoms with van der Waals surface area (Å²) >= 11 is 0. The summed E-state index contributed by atoms with van der Waals surface area (Å²) in [6.45, 7) is 22.4. The first kappa shape index (κ1) is 64.4. The molecule has 4 N–H and O–H groups in total. The molecule has 78 heavy (non-hydrogen) atoms. The molecular weight excluding hydrogens is 1030 g/mol. The minimum atomic E-state index is -2.49. The number of nitrogens with zero attached hydrogens (tertiary/aromatic N) is 4. The van der Waals surface area contributed by atoms with Crippen molar-refractivity contribution >= 4 is 20.3 Å². The molecule has 6 heterocycles. The minimum absolute atomic E-state index is 0.0423. The van der Waals surface area contributed by atoms with Gasteiger partial charge in [0.2, 0.25) is 0 Å². The van der Waals surface area contributed by atoms with Crippen molar-refractivity contribution in [3.8, 4) is 0 Å². The summed E-state index contributed by atoms with van der Waals surface area (Å²) in [6.07, 6.45) is 2.24. The second-order valence-electron chi connectivity index (χ2n) is 24.4. The lowest BCUT2D eigenvalue weighted by molar-refractivity contribution is -0.343. The first-order valence-electron chi connectivity index (χ1n) is 28.5. The molecular formula is C56H97N5O16Si. The predicted molar refractivity (Wildman–Crippen MR) is 291 cm³/mol. The second-order valence-corrected chi connectivity index (χ2v) is 29.2. The number of cyclic esters (lactones) is 1. The fourth-order valence-electron chi connectivity index (χ4n) is 11.4. The summed E-state index contributed by atoms with van der Waals surface area (Å²) in [5.74, 6) is -1.42. The van der Waals surface area contributed by atoms with Crippen LogP contribution in [0.3, 0.4) is 0 Å². The fourth-order valence-corrected chi connectivity index (χ4v) is 12.5. The van der Waals surface area contributed by atoms with Crippen molar-refractivity contribution in [3.63, 3.8) is 0 Å². The van der Waals surface area contributed by atoms with Crippen LogP contribution in [0.15, 0.2) is 30.5 Å². The normalized spacial score (nSPS) is 39.6. The van der Waals surface area contributed by atoms with Crippen molar-refractivity contribution in [1.82, 2.24) is 25.2 Å². The first-order valence-corrected chi connectivity index (χ1v) is 31.4. The molecule has 0 amide bonds. The number of aromatic nitrogens is 3. The lowest BCUT2D eigenvalue weighted by Crippen LogP contribution is -2.65. The van der Waals surface area contributed by atoms with Gasteiger partial charge in [0.05, 0.1) is 67.9 Å². The van der Waals surface area contributed by atoms with E-state index < -0.39 is 112 Å². The Kier molecular flexibility index (Phi) is 23.5. The van der Waals surface area contributed by atoms with Gasteiger partial charge in [0.25, 0.3) is 0 Å². The van der Waals surface area contributed by atoms with Crippen LogP contribution in [0.5, 0.6) is 0 Å². The van der Waals surface area contributed by atoms with Crippen LogP contribution in [-0.4, -0.2) is 200 Å². The SMILES string of the molecule is CN[C@H]1CC[C@H](O[C@H]2/C=C/C=C/C[C@@H](C)OC(=O)C[C@H]3OC(O[Si](C)(C)C(C)(C)C)C[C@@H](C[C@H]2C)[C@H](O[C@@H]2O[C@H](C)[C@@H](O[C@H]4C[C@@](C)(O)[C@@H](OC(=O)CCCc5cn(CCO)nn5)[C@H](C)O4)[C@H](N(C)C)[C@H]2O)[C@H]3OC)O[C@@H]1C. The zero-order chi connectivity index (χ0) is 57.3.